The molecule has 2 aromatic carbocycles. The second kappa shape index (κ2) is 6.02. The molecule has 21 heavy (non-hydrogen) atoms. The van der Waals surface area contributed by atoms with Crippen molar-refractivity contribution in [2.75, 3.05) is 5.32 Å². The van der Waals surface area contributed by atoms with Crippen LogP contribution in [0.2, 0.25) is 0 Å². The Morgan fingerprint density at radius 3 is 2.00 bits per heavy atom. The number of anilines is 1. The van der Waals surface area contributed by atoms with E-state index in [-0.39, 0.29) is 5.91 Å². The molecule has 0 saturated heterocycles. The standard InChI is InChI=1S/C18H20BrNO/c1-10-6-11(2)8-15(7-10)20-18(21)16-9-17(19)14(5)12(3)13(16)4/h6-9H,1-5H3,(H,20,21). The number of carbonyl (C=O) groups is 1. The molecule has 3 heteroatoms. The summed E-state index contributed by atoms with van der Waals surface area (Å²) < 4.78 is 0.969. The van der Waals surface area contributed by atoms with Gasteiger partial charge in [-0.3, -0.25) is 4.79 Å². The molecule has 2 rings (SSSR count). The molecule has 0 fully saturated rings. The summed E-state index contributed by atoms with van der Waals surface area (Å²) in [6, 6.07) is 7.95. The largest absolute Gasteiger partial charge is 0.322 e. The van der Waals surface area contributed by atoms with E-state index in [1.165, 1.54) is 5.56 Å². The van der Waals surface area contributed by atoms with Gasteiger partial charge in [0.2, 0.25) is 0 Å². The van der Waals surface area contributed by atoms with Crippen LogP contribution >= 0.6 is 15.9 Å². The average molecular weight is 346 g/mol. The number of aryl methyl sites for hydroxylation is 2. The van der Waals surface area contributed by atoms with Gasteiger partial charge in [-0.05, 0) is 80.6 Å². The number of hydrogen-bond donors (Lipinski definition) is 1. The van der Waals surface area contributed by atoms with Crippen molar-refractivity contribution in [1.29, 1.82) is 0 Å². The van der Waals surface area contributed by atoms with Gasteiger partial charge in [-0.1, -0.05) is 22.0 Å². The Balaban J connectivity index is 2.37. The average Bonchev–Trinajstić information content (AvgIpc) is 2.39. The summed E-state index contributed by atoms with van der Waals surface area (Å²) in [5.74, 6) is -0.0682. The molecule has 110 valence electrons. The lowest BCUT2D eigenvalue weighted by Crippen LogP contribution is -2.14. The first-order valence-electron chi connectivity index (χ1n) is 6.95. The van der Waals surface area contributed by atoms with Crippen LogP contribution in [0, 0.1) is 34.6 Å². The van der Waals surface area contributed by atoms with Gasteiger partial charge in [0, 0.05) is 15.7 Å². The van der Waals surface area contributed by atoms with Crippen molar-refractivity contribution in [3.63, 3.8) is 0 Å². The molecule has 2 nitrogen and oxygen atoms in total. The number of nitrogens with one attached hydrogen (secondary N) is 1. The molecule has 2 aromatic rings. The molecule has 0 saturated carbocycles. The predicted molar refractivity (Wildman–Crippen MR) is 92.2 cm³/mol. The lowest BCUT2D eigenvalue weighted by atomic mass is 9.98. The summed E-state index contributed by atoms with van der Waals surface area (Å²) in [7, 11) is 0. The highest BCUT2D eigenvalue weighted by atomic mass is 79.9. The molecule has 0 aliphatic rings. The van der Waals surface area contributed by atoms with Crippen molar-refractivity contribution in [1.82, 2.24) is 0 Å². The summed E-state index contributed by atoms with van der Waals surface area (Å²) in [6.07, 6.45) is 0. The number of amides is 1. The molecule has 0 spiro atoms. The maximum Gasteiger partial charge on any atom is 0.255 e. The molecule has 1 amide bonds. The van der Waals surface area contributed by atoms with Crippen molar-refractivity contribution < 1.29 is 4.79 Å². The zero-order chi connectivity index (χ0) is 15.7. The van der Waals surface area contributed by atoms with E-state index in [0.29, 0.717) is 5.56 Å². The minimum Gasteiger partial charge on any atom is -0.322 e. The van der Waals surface area contributed by atoms with Crippen molar-refractivity contribution in [2.24, 2.45) is 0 Å². The number of rotatable bonds is 2. The maximum atomic E-state index is 12.5. The van der Waals surface area contributed by atoms with Gasteiger partial charge in [-0.15, -0.1) is 0 Å². The smallest absolute Gasteiger partial charge is 0.255 e. The third-order valence-corrected chi connectivity index (χ3v) is 4.71. The summed E-state index contributed by atoms with van der Waals surface area (Å²) in [5.41, 5.74) is 7.19. The molecule has 0 aliphatic carbocycles. The second-order valence-electron chi connectivity index (χ2n) is 5.61. The van der Waals surface area contributed by atoms with Crippen LogP contribution in [0.4, 0.5) is 5.69 Å². The monoisotopic (exact) mass is 345 g/mol. The van der Waals surface area contributed by atoms with E-state index >= 15 is 0 Å². The van der Waals surface area contributed by atoms with E-state index in [4.69, 9.17) is 0 Å². The molecule has 0 heterocycles. The summed E-state index contributed by atoms with van der Waals surface area (Å²) >= 11 is 3.53. The fraction of sp³-hybridized carbons (Fsp3) is 0.278. The lowest BCUT2D eigenvalue weighted by Gasteiger charge is -2.14. The summed E-state index contributed by atoms with van der Waals surface area (Å²) in [6.45, 7) is 10.1. The first-order valence-corrected chi connectivity index (χ1v) is 7.75. The van der Waals surface area contributed by atoms with Crippen molar-refractivity contribution in [2.45, 2.75) is 34.6 Å². The number of halogens is 1. The Bertz CT molecular complexity index is 699. The van der Waals surface area contributed by atoms with Gasteiger partial charge in [0.1, 0.15) is 0 Å². The molecule has 0 unspecified atom stereocenters. The van der Waals surface area contributed by atoms with Crippen molar-refractivity contribution in [3.8, 4) is 0 Å². The fourth-order valence-electron chi connectivity index (χ4n) is 2.49. The van der Waals surface area contributed by atoms with Gasteiger partial charge in [-0.25, -0.2) is 0 Å². The zero-order valence-electron chi connectivity index (χ0n) is 13.1. The van der Waals surface area contributed by atoms with Gasteiger partial charge in [0.05, 0.1) is 0 Å². The first kappa shape index (κ1) is 15.8. The van der Waals surface area contributed by atoms with E-state index < -0.39 is 0 Å². The minimum absolute atomic E-state index is 0.0682. The predicted octanol–water partition coefficient (Wildman–Crippen LogP) is 5.24. The molecule has 0 radical (unpaired) electrons. The van der Waals surface area contributed by atoms with E-state index in [9.17, 15) is 4.79 Å². The summed E-state index contributed by atoms with van der Waals surface area (Å²) in [5, 5.41) is 2.99. The minimum atomic E-state index is -0.0682. The van der Waals surface area contributed by atoms with E-state index in [2.05, 4.69) is 34.2 Å². The van der Waals surface area contributed by atoms with E-state index in [0.717, 1.165) is 32.4 Å². The Hall–Kier alpha value is -1.61. The lowest BCUT2D eigenvalue weighted by molar-refractivity contribution is 0.102. The second-order valence-corrected chi connectivity index (χ2v) is 6.47. The third-order valence-electron chi connectivity index (χ3n) is 3.88. The molecular weight excluding hydrogens is 326 g/mol. The molecule has 1 N–H and O–H groups in total. The van der Waals surface area contributed by atoms with Gasteiger partial charge >= 0.3 is 0 Å². The maximum absolute atomic E-state index is 12.5. The highest BCUT2D eigenvalue weighted by Gasteiger charge is 2.14. The van der Waals surface area contributed by atoms with Crippen LogP contribution in [0.3, 0.4) is 0 Å². The van der Waals surface area contributed by atoms with Crippen molar-refractivity contribution in [3.05, 3.63) is 62.1 Å². The third kappa shape index (κ3) is 3.35. The Morgan fingerprint density at radius 2 is 1.43 bits per heavy atom. The first-order chi connectivity index (χ1) is 9.79. The fourth-order valence-corrected chi connectivity index (χ4v) is 3.01. The van der Waals surface area contributed by atoms with Crippen molar-refractivity contribution >= 4 is 27.5 Å². The molecule has 0 bridgehead atoms. The van der Waals surface area contributed by atoms with E-state index in [1.54, 1.807) is 0 Å². The number of carbonyl (C=O) groups excluding carboxylic acids is 1. The van der Waals surface area contributed by atoms with Gasteiger partial charge in [0.25, 0.3) is 5.91 Å². The van der Waals surface area contributed by atoms with Gasteiger partial charge < -0.3 is 5.32 Å². The van der Waals surface area contributed by atoms with Crippen LogP contribution in [0.15, 0.2) is 28.7 Å². The highest BCUT2D eigenvalue weighted by molar-refractivity contribution is 9.10. The zero-order valence-corrected chi connectivity index (χ0v) is 14.7. The molecular formula is C18H20BrNO. The van der Waals surface area contributed by atoms with Gasteiger partial charge in [-0.2, -0.15) is 0 Å². The Kier molecular flexibility index (Phi) is 4.52. The highest BCUT2D eigenvalue weighted by Crippen LogP contribution is 2.26. The van der Waals surface area contributed by atoms with Gasteiger partial charge in [0.15, 0.2) is 0 Å². The quantitative estimate of drug-likeness (QED) is 0.791. The molecule has 0 atom stereocenters. The summed E-state index contributed by atoms with van der Waals surface area (Å²) in [4.78, 5) is 12.5. The molecule has 0 aromatic heterocycles. The van der Waals surface area contributed by atoms with Crippen LogP contribution in [0.5, 0.6) is 0 Å². The number of benzene rings is 2. The van der Waals surface area contributed by atoms with Crippen LogP contribution < -0.4 is 5.32 Å². The van der Waals surface area contributed by atoms with E-state index in [1.807, 2.05) is 45.9 Å². The van der Waals surface area contributed by atoms with Crippen LogP contribution in [-0.4, -0.2) is 5.91 Å². The SMILES string of the molecule is Cc1cc(C)cc(NC(=O)c2cc(Br)c(C)c(C)c2C)c1. The van der Waals surface area contributed by atoms with Crippen LogP contribution in [-0.2, 0) is 0 Å². The Morgan fingerprint density at radius 1 is 0.857 bits per heavy atom. The topological polar surface area (TPSA) is 29.1 Å². The van der Waals surface area contributed by atoms with Crippen LogP contribution in [0.25, 0.3) is 0 Å². The number of hydrogen-bond acceptors (Lipinski definition) is 1. The normalized spacial score (nSPS) is 10.6. The molecule has 0 aliphatic heterocycles. The van der Waals surface area contributed by atoms with Crippen LogP contribution in [0.1, 0.15) is 38.2 Å². The Labute approximate surface area is 134 Å².